The van der Waals surface area contributed by atoms with Crippen molar-refractivity contribution in [2.24, 2.45) is 0 Å². The maximum atomic E-state index is 13.2. The largest absolute Gasteiger partial charge is 0.384 e. The van der Waals surface area contributed by atoms with Crippen LogP contribution in [0.4, 0.5) is 4.39 Å². The third-order valence-corrected chi connectivity index (χ3v) is 3.92. The second-order valence-corrected chi connectivity index (χ2v) is 5.48. The van der Waals surface area contributed by atoms with Gasteiger partial charge in [0, 0.05) is 4.47 Å². The van der Waals surface area contributed by atoms with E-state index in [1.54, 1.807) is 6.07 Å². The second-order valence-electron chi connectivity index (χ2n) is 4.62. The van der Waals surface area contributed by atoms with E-state index in [-0.39, 0.29) is 5.82 Å². The van der Waals surface area contributed by atoms with Gasteiger partial charge in [0.25, 0.3) is 0 Å². The molecule has 0 aromatic heterocycles. The van der Waals surface area contributed by atoms with Gasteiger partial charge in [-0.25, -0.2) is 4.39 Å². The zero-order valence-electron chi connectivity index (χ0n) is 11.0. The number of aliphatic hydroxyl groups excluding tert-OH is 1. The lowest BCUT2D eigenvalue weighted by molar-refractivity contribution is 0.218. The van der Waals surface area contributed by atoms with Crippen molar-refractivity contribution in [2.75, 3.05) is 0 Å². The van der Waals surface area contributed by atoms with Gasteiger partial charge in [-0.3, -0.25) is 0 Å². The van der Waals surface area contributed by atoms with E-state index < -0.39 is 6.10 Å². The summed E-state index contributed by atoms with van der Waals surface area (Å²) >= 11 is 3.47. The van der Waals surface area contributed by atoms with Gasteiger partial charge in [0.05, 0.1) is 0 Å². The molecular weight excluding hydrogens is 307 g/mol. The van der Waals surface area contributed by atoms with Crippen LogP contribution < -0.4 is 0 Å². The molecule has 19 heavy (non-hydrogen) atoms. The van der Waals surface area contributed by atoms with Crippen LogP contribution in [0, 0.1) is 12.7 Å². The molecule has 0 saturated heterocycles. The standard InChI is InChI=1S/C16H16BrFO/c1-3-11-9-12(18)5-7-13(11)16(19)14-6-4-10(2)8-15(14)17/h4-9,16,19H,3H2,1-2H3. The smallest absolute Gasteiger partial charge is 0.123 e. The van der Waals surface area contributed by atoms with Crippen LogP contribution in [0.1, 0.15) is 35.3 Å². The third kappa shape index (κ3) is 3.04. The fourth-order valence-electron chi connectivity index (χ4n) is 2.17. The first-order valence-electron chi connectivity index (χ1n) is 6.25. The van der Waals surface area contributed by atoms with Gasteiger partial charge in [0.2, 0.25) is 0 Å². The molecule has 2 rings (SSSR count). The van der Waals surface area contributed by atoms with E-state index >= 15 is 0 Å². The first-order valence-corrected chi connectivity index (χ1v) is 7.04. The number of hydrogen-bond donors (Lipinski definition) is 1. The highest BCUT2D eigenvalue weighted by atomic mass is 79.9. The number of benzene rings is 2. The van der Waals surface area contributed by atoms with Crippen molar-refractivity contribution in [1.82, 2.24) is 0 Å². The van der Waals surface area contributed by atoms with Gasteiger partial charge in [0.15, 0.2) is 0 Å². The Labute approximate surface area is 121 Å². The van der Waals surface area contributed by atoms with Crippen LogP contribution in [-0.4, -0.2) is 5.11 Å². The molecule has 100 valence electrons. The van der Waals surface area contributed by atoms with Crippen LogP contribution in [0.25, 0.3) is 0 Å². The highest BCUT2D eigenvalue weighted by Crippen LogP contribution is 2.31. The first-order chi connectivity index (χ1) is 9.02. The van der Waals surface area contributed by atoms with Crippen molar-refractivity contribution in [3.63, 3.8) is 0 Å². The van der Waals surface area contributed by atoms with Crippen molar-refractivity contribution in [2.45, 2.75) is 26.4 Å². The molecule has 0 aliphatic rings. The molecule has 2 aromatic rings. The SMILES string of the molecule is CCc1cc(F)ccc1C(O)c1ccc(C)cc1Br. The van der Waals surface area contributed by atoms with E-state index in [2.05, 4.69) is 15.9 Å². The van der Waals surface area contributed by atoms with Gasteiger partial charge in [-0.1, -0.05) is 41.1 Å². The van der Waals surface area contributed by atoms with Gasteiger partial charge >= 0.3 is 0 Å². The molecule has 0 spiro atoms. The minimum absolute atomic E-state index is 0.268. The molecule has 0 aliphatic heterocycles. The molecule has 3 heteroatoms. The highest BCUT2D eigenvalue weighted by molar-refractivity contribution is 9.10. The van der Waals surface area contributed by atoms with Gasteiger partial charge in [0.1, 0.15) is 11.9 Å². The van der Waals surface area contributed by atoms with E-state index in [0.717, 1.165) is 26.7 Å². The lowest BCUT2D eigenvalue weighted by Crippen LogP contribution is -2.05. The summed E-state index contributed by atoms with van der Waals surface area (Å²) < 4.78 is 14.1. The quantitative estimate of drug-likeness (QED) is 0.879. The zero-order valence-corrected chi connectivity index (χ0v) is 12.5. The topological polar surface area (TPSA) is 20.2 Å². The van der Waals surface area contributed by atoms with Crippen molar-refractivity contribution in [3.8, 4) is 0 Å². The molecule has 1 nitrogen and oxygen atoms in total. The normalized spacial score (nSPS) is 12.5. The summed E-state index contributed by atoms with van der Waals surface area (Å²) in [5.41, 5.74) is 3.51. The van der Waals surface area contributed by atoms with Gasteiger partial charge < -0.3 is 5.11 Å². The van der Waals surface area contributed by atoms with Crippen LogP contribution >= 0.6 is 15.9 Å². The Hall–Kier alpha value is -1.19. The molecule has 0 aliphatic carbocycles. The highest BCUT2D eigenvalue weighted by Gasteiger charge is 2.17. The van der Waals surface area contributed by atoms with Crippen LogP contribution in [0.15, 0.2) is 40.9 Å². The minimum Gasteiger partial charge on any atom is -0.384 e. The number of aliphatic hydroxyl groups is 1. The molecule has 1 unspecified atom stereocenters. The van der Waals surface area contributed by atoms with Crippen LogP contribution in [0.5, 0.6) is 0 Å². The van der Waals surface area contributed by atoms with Crippen LogP contribution in [-0.2, 0) is 6.42 Å². The number of halogens is 2. The molecule has 0 fully saturated rings. The maximum absolute atomic E-state index is 13.2. The van der Waals surface area contributed by atoms with Gasteiger partial charge in [-0.05, 0) is 53.8 Å². The fourth-order valence-corrected chi connectivity index (χ4v) is 2.88. The second kappa shape index (κ2) is 5.85. The number of hydrogen-bond acceptors (Lipinski definition) is 1. The Kier molecular flexibility index (Phi) is 4.38. The lowest BCUT2D eigenvalue weighted by atomic mass is 9.95. The van der Waals surface area contributed by atoms with E-state index in [9.17, 15) is 9.50 Å². The molecule has 0 heterocycles. The summed E-state index contributed by atoms with van der Waals surface area (Å²) in [6.07, 6.45) is -0.0568. The Balaban J connectivity index is 2.46. The molecule has 0 bridgehead atoms. The van der Waals surface area contributed by atoms with Crippen molar-refractivity contribution in [3.05, 3.63) is 68.9 Å². The molecule has 1 atom stereocenters. The molecular formula is C16H16BrFO. The monoisotopic (exact) mass is 322 g/mol. The first kappa shape index (κ1) is 14.2. The Morgan fingerprint density at radius 2 is 1.84 bits per heavy atom. The zero-order chi connectivity index (χ0) is 14.0. The Bertz CT molecular complexity index is 595. The fraction of sp³-hybridized carbons (Fsp3) is 0.250. The summed E-state index contributed by atoms with van der Waals surface area (Å²) in [5.74, 6) is -0.268. The van der Waals surface area contributed by atoms with Crippen LogP contribution in [0.2, 0.25) is 0 Å². The summed E-state index contributed by atoms with van der Waals surface area (Å²) in [4.78, 5) is 0. The lowest BCUT2D eigenvalue weighted by Gasteiger charge is -2.17. The number of aryl methyl sites for hydroxylation is 2. The maximum Gasteiger partial charge on any atom is 0.123 e. The number of rotatable bonds is 3. The Morgan fingerprint density at radius 1 is 1.16 bits per heavy atom. The average Bonchev–Trinajstić information content (AvgIpc) is 2.37. The van der Waals surface area contributed by atoms with Crippen molar-refractivity contribution in [1.29, 1.82) is 0 Å². The van der Waals surface area contributed by atoms with E-state index in [1.807, 2.05) is 32.0 Å². The molecule has 1 N–H and O–H groups in total. The predicted molar refractivity (Wildman–Crippen MR) is 78.7 cm³/mol. The molecule has 0 amide bonds. The summed E-state index contributed by atoms with van der Waals surface area (Å²) in [7, 11) is 0. The average molecular weight is 323 g/mol. The predicted octanol–water partition coefficient (Wildman–Crippen LogP) is 4.54. The Morgan fingerprint density at radius 3 is 2.47 bits per heavy atom. The van der Waals surface area contributed by atoms with E-state index in [1.165, 1.54) is 12.1 Å². The van der Waals surface area contributed by atoms with Crippen molar-refractivity contribution < 1.29 is 9.50 Å². The van der Waals surface area contributed by atoms with E-state index in [4.69, 9.17) is 0 Å². The minimum atomic E-state index is -0.745. The molecule has 0 saturated carbocycles. The van der Waals surface area contributed by atoms with E-state index in [0.29, 0.717) is 6.42 Å². The van der Waals surface area contributed by atoms with Crippen molar-refractivity contribution >= 4 is 15.9 Å². The van der Waals surface area contributed by atoms with Crippen LogP contribution in [0.3, 0.4) is 0 Å². The molecule has 0 radical (unpaired) electrons. The van der Waals surface area contributed by atoms with Gasteiger partial charge in [-0.2, -0.15) is 0 Å². The van der Waals surface area contributed by atoms with Gasteiger partial charge in [-0.15, -0.1) is 0 Å². The summed E-state index contributed by atoms with van der Waals surface area (Å²) in [6.45, 7) is 3.95. The summed E-state index contributed by atoms with van der Waals surface area (Å²) in [5, 5.41) is 10.5. The summed E-state index contributed by atoms with van der Waals surface area (Å²) in [6, 6.07) is 10.4. The third-order valence-electron chi connectivity index (χ3n) is 3.23. The molecule has 2 aromatic carbocycles.